The molecular formula is C19H29N3O5. The fourth-order valence-corrected chi connectivity index (χ4v) is 4.36. The number of carbonyl (C=O) groups excluding carboxylic acids is 4. The quantitative estimate of drug-likeness (QED) is 0.576. The number of carbonyl (C=O) groups is 4. The van der Waals surface area contributed by atoms with Gasteiger partial charge in [0.05, 0.1) is 12.5 Å². The fraction of sp³-hybridized carbons (Fsp3) is 0.789. The number of rotatable bonds is 5. The molecule has 2 saturated heterocycles. The molecular weight excluding hydrogens is 350 g/mol. The summed E-state index contributed by atoms with van der Waals surface area (Å²) >= 11 is 0. The third-order valence-electron chi connectivity index (χ3n) is 5.97. The Labute approximate surface area is 159 Å². The van der Waals surface area contributed by atoms with Crippen LogP contribution in [0.4, 0.5) is 4.79 Å². The summed E-state index contributed by atoms with van der Waals surface area (Å²) in [6.07, 6.45) is 5.65. The number of nitrogens with one attached hydrogen (secondary N) is 1. The first-order chi connectivity index (χ1) is 13.0. The van der Waals surface area contributed by atoms with Gasteiger partial charge in [0.1, 0.15) is 5.54 Å². The molecule has 1 spiro atoms. The first-order valence-corrected chi connectivity index (χ1v) is 10.1. The Morgan fingerprint density at radius 2 is 1.81 bits per heavy atom. The van der Waals surface area contributed by atoms with Gasteiger partial charge in [0.2, 0.25) is 5.91 Å². The van der Waals surface area contributed by atoms with Crippen LogP contribution in [0.2, 0.25) is 0 Å². The van der Waals surface area contributed by atoms with E-state index in [1.54, 1.807) is 11.8 Å². The number of ether oxygens (including phenoxy) is 1. The molecule has 0 bridgehead atoms. The van der Waals surface area contributed by atoms with Crippen LogP contribution in [0.25, 0.3) is 0 Å². The van der Waals surface area contributed by atoms with Crippen LogP contribution in [0.1, 0.15) is 58.3 Å². The Kier molecular flexibility index (Phi) is 6.01. The third kappa shape index (κ3) is 4.09. The van der Waals surface area contributed by atoms with E-state index in [1.807, 2.05) is 0 Å². The molecule has 150 valence electrons. The highest BCUT2D eigenvalue weighted by Crippen LogP contribution is 2.33. The van der Waals surface area contributed by atoms with Crippen molar-refractivity contribution in [2.75, 3.05) is 26.2 Å². The van der Waals surface area contributed by atoms with Crippen LogP contribution in [-0.2, 0) is 19.1 Å². The zero-order valence-electron chi connectivity index (χ0n) is 16.0. The molecule has 1 aliphatic carbocycles. The molecule has 0 unspecified atom stereocenters. The lowest BCUT2D eigenvalue weighted by Crippen LogP contribution is -2.48. The molecule has 0 aromatic carbocycles. The van der Waals surface area contributed by atoms with Gasteiger partial charge in [-0.25, -0.2) is 4.79 Å². The van der Waals surface area contributed by atoms with Crippen molar-refractivity contribution in [3.63, 3.8) is 0 Å². The van der Waals surface area contributed by atoms with Crippen LogP contribution < -0.4 is 5.32 Å². The maximum absolute atomic E-state index is 12.7. The van der Waals surface area contributed by atoms with E-state index >= 15 is 0 Å². The molecule has 3 aliphatic rings. The minimum absolute atomic E-state index is 0.0810. The molecule has 3 fully saturated rings. The highest BCUT2D eigenvalue weighted by Gasteiger charge is 2.51. The highest BCUT2D eigenvalue weighted by atomic mass is 16.5. The summed E-state index contributed by atoms with van der Waals surface area (Å²) in [6, 6.07) is -0.379. The van der Waals surface area contributed by atoms with E-state index < -0.39 is 5.54 Å². The van der Waals surface area contributed by atoms with E-state index in [4.69, 9.17) is 4.74 Å². The molecule has 1 N–H and O–H groups in total. The number of piperidine rings is 1. The minimum atomic E-state index is -0.740. The van der Waals surface area contributed by atoms with Gasteiger partial charge >= 0.3 is 12.0 Å². The van der Waals surface area contributed by atoms with Gasteiger partial charge in [-0.1, -0.05) is 19.3 Å². The minimum Gasteiger partial charge on any atom is -0.466 e. The van der Waals surface area contributed by atoms with Gasteiger partial charge in [-0.05, 0) is 32.6 Å². The van der Waals surface area contributed by atoms with Crippen molar-refractivity contribution in [1.82, 2.24) is 15.1 Å². The lowest BCUT2D eigenvalue weighted by Gasteiger charge is -2.31. The van der Waals surface area contributed by atoms with Crippen LogP contribution >= 0.6 is 0 Å². The summed E-state index contributed by atoms with van der Waals surface area (Å²) < 4.78 is 5.04. The first-order valence-electron chi connectivity index (χ1n) is 10.1. The van der Waals surface area contributed by atoms with Gasteiger partial charge in [0, 0.05) is 26.1 Å². The van der Waals surface area contributed by atoms with Gasteiger partial charge in [-0.3, -0.25) is 19.3 Å². The highest BCUT2D eigenvalue weighted by molar-refractivity contribution is 6.07. The number of hydrogen-bond donors (Lipinski definition) is 1. The lowest BCUT2D eigenvalue weighted by atomic mass is 9.82. The summed E-state index contributed by atoms with van der Waals surface area (Å²) in [4.78, 5) is 52.1. The fourth-order valence-electron chi connectivity index (χ4n) is 4.36. The Morgan fingerprint density at radius 1 is 1.15 bits per heavy atom. The van der Waals surface area contributed by atoms with Gasteiger partial charge < -0.3 is 15.0 Å². The number of urea groups is 1. The molecule has 8 heteroatoms. The van der Waals surface area contributed by atoms with Crippen molar-refractivity contribution >= 4 is 23.8 Å². The summed E-state index contributed by atoms with van der Waals surface area (Å²) in [5.74, 6) is -0.601. The number of imide groups is 1. The molecule has 2 heterocycles. The average Bonchev–Trinajstić information content (AvgIpc) is 2.90. The third-order valence-corrected chi connectivity index (χ3v) is 5.97. The van der Waals surface area contributed by atoms with E-state index in [0.29, 0.717) is 45.4 Å². The predicted molar refractivity (Wildman–Crippen MR) is 96.6 cm³/mol. The van der Waals surface area contributed by atoms with Crippen LogP contribution in [0.3, 0.4) is 0 Å². The van der Waals surface area contributed by atoms with Crippen molar-refractivity contribution in [2.24, 2.45) is 5.92 Å². The van der Waals surface area contributed by atoms with Crippen LogP contribution in [0, 0.1) is 5.92 Å². The van der Waals surface area contributed by atoms with E-state index in [-0.39, 0.29) is 42.7 Å². The van der Waals surface area contributed by atoms with Crippen LogP contribution in [0.5, 0.6) is 0 Å². The average molecular weight is 379 g/mol. The predicted octanol–water partition coefficient (Wildman–Crippen LogP) is 1.43. The molecule has 3 rings (SSSR count). The second-order valence-electron chi connectivity index (χ2n) is 7.69. The monoisotopic (exact) mass is 379 g/mol. The Bertz CT molecular complexity index is 606. The first kappa shape index (κ1) is 19.6. The molecule has 2 aliphatic heterocycles. The van der Waals surface area contributed by atoms with Crippen LogP contribution in [-0.4, -0.2) is 65.4 Å². The Hall–Kier alpha value is -2.12. The maximum atomic E-state index is 12.7. The van der Waals surface area contributed by atoms with Gasteiger partial charge in [0.15, 0.2) is 0 Å². The van der Waals surface area contributed by atoms with Crippen molar-refractivity contribution < 1.29 is 23.9 Å². The summed E-state index contributed by atoms with van der Waals surface area (Å²) in [5.41, 5.74) is -0.740. The van der Waals surface area contributed by atoms with E-state index in [2.05, 4.69) is 5.32 Å². The van der Waals surface area contributed by atoms with Crippen molar-refractivity contribution in [1.29, 1.82) is 0 Å². The number of esters is 1. The smallest absolute Gasteiger partial charge is 0.325 e. The maximum Gasteiger partial charge on any atom is 0.325 e. The standard InChI is InChI=1S/C19H29N3O5/c1-2-27-16(24)14-6-11-21(12-7-14)15(23)8-13-22-17(25)19(20-18(22)26)9-4-3-5-10-19/h14H,2-13H2,1H3,(H,20,26). The Morgan fingerprint density at radius 3 is 2.44 bits per heavy atom. The van der Waals surface area contributed by atoms with E-state index in [1.165, 1.54) is 4.90 Å². The zero-order chi connectivity index (χ0) is 19.4. The molecule has 8 nitrogen and oxygen atoms in total. The molecule has 0 atom stereocenters. The number of likely N-dealkylation sites (tertiary alicyclic amines) is 1. The van der Waals surface area contributed by atoms with Gasteiger partial charge in [-0.15, -0.1) is 0 Å². The lowest BCUT2D eigenvalue weighted by molar-refractivity contribution is -0.151. The number of amides is 4. The number of nitrogens with zero attached hydrogens (tertiary/aromatic N) is 2. The molecule has 0 radical (unpaired) electrons. The topological polar surface area (TPSA) is 96.0 Å². The van der Waals surface area contributed by atoms with Crippen molar-refractivity contribution in [2.45, 2.75) is 63.8 Å². The SMILES string of the molecule is CCOC(=O)C1CCN(C(=O)CCN2C(=O)NC3(CCCCC3)C2=O)CC1. The second-order valence-corrected chi connectivity index (χ2v) is 7.69. The van der Waals surface area contributed by atoms with Crippen LogP contribution in [0.15, 0.2) is 0 Å². The summed E-state index contributed by atoms with van der Waals surface area (Å²) in [7, 11) is 0. The molecule has 0 aromatic rings. The second kappa shape index (κ2) is 8.27. The molecule has 1 saturated carbocycles. The number of hydrogen-bond acceptors (Lipinski definition) is 5. The van der Waals surface area contributed by atoms with E-state index in [0.717, 1.165) is 19.3 Å². The van der Waals surface area contributed by atoms with Gasteiger partial charge in [0.25, 0.3) is 5.91 Å². The molecule has 0 aromatic heterocycles. The molecule has 27 heavy (non-hydrogen) atoms. The van der Waals surface area contributed by atoms with Crippen molar-refractivity contribution in [3.05, 3.63) is 0 Å². The van der Waals surface area contributed by atoms with Gasteiger partial charge in [-0.2, -0.15) is 0 Å². The Balaban J connectivity index is 1.47. The van der Waals surface area contributed by atoms with Crippen molar-refractivity contribution in [3.8, 4) is 0 Å². The van der Waals surface area contributed by atoms with E-state index in [9.17, 15) is 19.2 Å². The largest absolute Gasteiger partial charge is 0.466 e. The molecule has 4 amide bonds. The normalized spacial score (nSPS) is 22.9. The zero-order valence-corrected chi connectivity index (χ0v) is 16.0. The summed E-state index contributed by atoms with van der Waals surface area (Å²) in [6.45, 7) is 3.27. The summed E-state index contributed by atoms with van der Waals surface area (Å²) in [5, 5.41) is 2.86.